The minimum atomic E-state index is -0.239. The Kier molecular flexibility index (Phi) is 4.76. The maximum atomic E-state index is 11.9. The number of aryl methyl sites for hydroxylation is 1. The lowest BCUT2D eigenvalue weighted by Gasteiger charge is -2.24. The normalized spacial score (nSPS) is 12.9. The Labute approximate surface area is 110 Å². The molecule has 1 aromatic carbocycles. The van der Waals surface area contributed by atoms with Gasteiger partial charge in [0.05, 0.1) is 0 Å². The van der Waals surface area contributed by atoms with Crippen LogP contribution in [0.25, 0.3) is 0 Å². The van der Waals surface area contributed by atoms with Crippen LogP contribution in [0.4, 0.5) is 5.69 Å². The molecule has 3 heteroatoms. The summed E-state index contributed by atoms with van der Waals surface area (Å²) in [6, 6.07) is 7.95. The van der Waals surface area contributed by atoms with Crippen molar-refractivity contribution in [2.75, 3.05) is 5.32 Å². The molecule has 0 fully saturated rings. The van der Waals surface area contributed by atoms with Gasteiger partial charge in [0.1, 0.15) is 6.04 Å². The Morgan fingerprint density at radius 3 is 2.22 bits per heavy atom. The fraction of sp³-hybridized carbons (Fsp3) is 0.533. The third-order valence-electron chi connectivity index (χ3n) is 2.64. The number of benzene rings is 1. The van der Waals surface area contributed by atoms with Crippen LogP contribution in [0.1, 0.15) is 40.2 Å². The van der Waals surface area contributed by atoms with Gasteiger partial charge in [-0.25, -0.2) is 0 Å². The minimum absolute atomic E-state index is 0.0158. The summed E-state index contributed by atoms with van der Waals surface area (Å²) in [4.78, 5) is 11.9. The van der Waals surface area contributed by atoms with Gasteiger partial charge in [-0.1, -0.05) is 19.1 Å². The molecular formula is C15H24N2O. The Hall–Kier alpha value is -1.51. The molecule has 0 saturated heterocycles. The van der Waals surface area contributed by atoms with E-state index in [2.05, 4.69) is 29.7 Å². The van der Waals surface area contributed by atoms with Gasteiger partial charge in [-0.15, -0.1) is 0 Å². The van der Waals surface area contributed by atoms with Gasteiger partial charge in [-0.2, -0.15) is 0 Å². The molecule has 0 heterocycles. The molecule has 0 radical (unpaired) electrons. The molecule has 0 saturated carbocycles. The lowest BCUT2D eigenvalue weighted by molar-refractivity contribution is -0.122. The van der Waals surface area contributed by atoms with Gasteiger partial charge in [0.15, 0.2) is 0 Å². The van der Waals surface area contributed by atoms with Crippen LogP contribution >= 0.6 is 0 Å². The van der Waals surface area contributed by atoms with Crippen LogP contribution in [0.15, 0.2) is 24.3 Å². The van der Waals surface area contributed by atoms with E-state index in [0.29, 0.717) is 0 Å². The number of carbonyl (C=O) groups is 1. The summed E-state index contributed by atoms with van der Waals surface area (Å²) in [6.45, 7) is 9.94. The summed E-state index contributed by atoms with van der Waals surface area (Å²) in [7, 11) is 0. The van der Waals surface area contributed by atoms with Crippen molar-refractivity contribution in [3.63, 3.8) is 0 Å². The smallest absolute Gasteiger partial charge is 0.242 e. The molecule has 1 aromatic rings. The molecule has 0 aliphatic rings. The molecule has 1 atom stereocenters. The van der Waals surface area contributed by atoms with Crippen molar-refractivity contribution in [1.82, 2.24) is 5.32 Å². The second-order valence-electron chi connectivity index (χ2n) is 5.66. The molecule has 0 unspecified atom stereocenters. The van der Waals surface area contributed by atoms with Crippen LogP contribution in [0, 0.1) is 0 Å². The lowest BCUT2D eigenvalue weighted by atomic mass is 10.1. The Bertz CT molecular complexity index is 390. The number of anilines is 1. The third kappa shape index (κ3) is 4.78. The third-order valence-corrected chi connectivity index (χ3v) is 2.64. The maximum absolute atomic E-state index is 11.9. The van der Waals surface area contributed by atoms with Crippen molar-refractivity contribution in [2.45, 2.75) is 52.6 Å². The van der Waals surface area contributed by atoms with E-state index in [0.717, 1.165) is 12.1 Å². The molecule has 0 aliphatic heterocycles. The lowest BCUT2D eigenvalue weighted by Crippen LogP contribution is -2.47. The highest BCUT2D eigenvalue weighted by Gasteiger charge is 2.18. The summed E-state index contributed by atoms with van der Waals surface area (Å²) in [5.74, 6) is 0.0158. The van der Waals surface area contributed by atoms with Crippen LogP contribution < -0.4 is 10.6 Å². The van der Waals surface area contributed by atoms with Gasteiger partial charge < -0.3 is 10.6 Å². The van der Waals surface area contributed by atoms with Gasteiger partial charge in [0.25, 0.3) is 0 Å². The Morgan fingerprint density at radius 1 is 1.22 bits per heavy atom. The molecule has 0 spiro atoms. The van der Waals surface area contributed by atoms with Crippen LogP contribution in [-0.4, -0.2) is 17.5 Å². The molecule has 3 nitrogen and oxygen atoms in total. The molecule has 0 aromatic heterocycles. The second-order valence-corrected chi connectivity index (χ2v) is 5.66. The molecule has 0 aliphatic carbocycles. The molecule has 100 valence electrons. The highest BCUT2D eigenvalue weighted by molar-refractivity contribution is 5.84. The Morgan fingerprint density at radius 2 is 1.78 bits per heavy atom. The number of amides is 1. The highest BCUT2D eigenvalue weighted by Crippen LogP contribution is 2.11. The van der Waals surface area contributed by atoms with Crippen molar-refractivity contribution >= 4 is 11.6 Å². The molecule has 1 amide bonds. The predicted octanol–water partition coefficient (Wildman–Crippen LogP) is 2.96. The SMILES string of the molecule is CCc1ccc(N[C@@H](C)C(=O)NC(C)(C)C)cc1. The first-order valence-electron chi connectivity index (χ1n) is 6.49. The summed E-state index contributed by atoms with van der Waals surface area (Å²) in [5, 5.41) is 6.16. The van der Waals surface area contributed by atoms with E-state index >= 15 is 0 Å². The van der Waals surface area contributed by atoms with Crippen LogP contribution in [0.2, 0.25) is 0 Å². The van der Waals surface area contributed by atoms with Crippen molar-refractivity contribution < 1.29 is 4.79 Å². The molecule has 18 heavy (non-hydrogen) atoms. The van der Waals surface area contributed by atoms with Gasteiger partial charge in [-0.05, 0) is 51.8 Å². The average Bonchev–Trinajstić information content (AvgIpc) is 2.27. The first-order valence-corrected chi connectivity index (χ1v) is 6.49. The number of hydrogen-bond donors (Lipinski definition) is 2. The number of nitrogens with one attached hydrogen (secondary N) is 2. The minimum Gasteiger partial charge on any atom is -0.374 e. The standard InChI is InChI=1S/C15H24N2O/c1-6-12-7-9-13(10-8-12)16-11(2)14(18)17-15(3,4)5/h7-11,16H,6H2,1-5H3,(H,17,18)/t11-/m0/s1. The van der Waals surface area contributed by atoms with Crippen LogP contribution in [0.5, 0.6) is 0 Å². The summed E-state index contributed by atoms with van der Waals surface area (Å²) < 4.78 is 0. The maximum Gasteiger partial charge on any atom is 0.242 e. The summed E-state index contributed by atoms with van der Waals surface area (Å²) >= 11 is 0. The monoisotopic (exact) mass is 248 g/mol. The molecule has 0 bridgehead atoms. The fourth-order valence-corrected chi connectivity index (χ4v) is 1.63. The molecule has 2 N–H and O–H groups in total. The van der Waals surface area contributed by atoms with Gasteiger partial charge in [0.2, 0.25) is 5.91 Å². The van der Waals surface area contributed by atoms with Crippen molar-refractivity contribution in [2.24, 2.45) is 0 Å². The average molecular weight is 248 g/mol. The zero-order chi connectivity index (χ0) is 13.8. The van der Waals surface area contributed by atoms with E-state index in [9.17, 15) is 4.79 Å². The van der Waals surface area contributed by atoms with E-state index in [-0.39, 0.29) is 17.5 Å². The van der Waals surface area contributed by atoms with Crippen molar-refractivity contribution in [3.05, 3.63) is 29.8 Å². The van der Waals surface area contributed by atoms with E-state index in [1.54, 1.807) is 0 Å². The number of rotatable bonds is 4. The zero-order valence-electron chi connectivity index (χ0n) is 12.0. The summed E-state index contributed by atoms with van der Waals surface area (Å²) in [5.41, 5.74) is 2.08. The number of hydrogen-bond acceptors (Lipinski definition) is 2. The number of carbonyl (C=O) groups excluding carboxylic acids is 1. The predicted molar refractivity (Wildman–Crippen MR) is 76.8 cm³/mol. The van der Waals surface area contributed by atoms with E-state index in [4.69, 9.17) is 0 Å². The fourth-order valence-electron chi connectivity index (χ4n) is 1.63. The first kappa shape index (κ1) is 14.6. The van der Waals surface area contributed by atoms with Crippen LogP contribution in [0.3, 0.4) is 0 Å². The van der Waals surface area contributed by atoms with E-state index in [1.807, 2.05) is 39.8 Å². The summed E-state index contributed by atoms with van der Waals surface area (Å²) in [6.07, 6.45) is 1.03. The zero-order valence-corrected chi connectivity index (χ0v) is 12.0. The van der Waals surface area contributed by atoms with Gasteiger partial charge >= 0.3 is 0 Å². The van der Waals surface area contributed by atoms with Crippen LogP contribution in [-0.2, 0) is 11.2 Å². The molecular weight excluding hydrogens is 224 g/mol. The van der Waals surface area contributed by atoms with Crippen molar-refractivity contribution in [3.8, 4) is 0 Å². The second kappa shape index (κ2) is 5.89. The topological polar surface area (TPSA) is 41.1 Å². The largest absolute Gasteiger partial charge is 0.374 e. The first-order chi connectivity index (χ1) is 8.31. The van der Waals surface area contributed by atoms with Crippen molar-refractivity contribution in [1.29, 1.82) is 0 Å². The van der Waals surface area contributed by atoms with Gasteiger partial charge in [0, 0.05) is 11.2 Å². The van der Waals surface area contributed by atoms with E-state index in [1.165, 1.54) is 5.56 Å². The van der Waals surface area contributed by atoms with E-state index < -0.39 is 0 Å². The highest BCUT2D eigenvalue weighted by atomic mass is 16.2. The Balaban J connectivity index is 2.58. The van der Waals surface area contributed by atoms with Gasteiger partial charge in [-0.3, -0.25) is 4.79 Å². The molecule has 1 rings (SSSR count). The quantitative estimate of drug-likeness (QED) is 0.860.